The van der Waals surface area contributed by atoms with E-state index >= 15 is 0 Å². The highest BCUT2D eigenvalue weighted by Crippen LogP contribution is 2.31. The zero-order chi connectivity index (χ0) is 18.2. The number of fused-ring (bicyclic) bond motifs is 2. The van der Waals surface area contributed by atoms with Gasteiger partial charge in [-0.2, -0.15) is 13.2 Å². The summed E-state index contributed by atoms with van der Waals surface area (Å²) in [7, 11) is 1.86. The van der Waals surface area contributed by atoms with E-state index in [1.807, 2.05) is 18.9 Å². The van der Waals surface area contributed by atoms with E-state index in [1.54, 1.807) is 0 Å². The van der Waals surface area contributed by atoms with Crippen molar-refractivity contribution in [1.29, 1.82) is 0 Å². The summed E-state index contributed by atoms with van der Waals surface area (Å²) in [4.78, 5) is 14.6. The van der Waals surface area contributed by atoms with Crippen molar-refractivity contribution in [2.24, 2.45) is 5.92 Å². The number of nitrogens with zero attached hydrogens (tertiary/aromatic N) is 1. The van der Waals surface area contributed by atoms with E-state index in [0.29, 0.717) is 18.5 Å². The van der Waals surface area contributed by atoms with Gasteiger partial charge in [0.2, 0.25) is 5.91 Å². The first-order valence-corrected chi connectivity index (χ1v) is 8.93. The molecule has 2 aliphatic heterocycles. The molecule has 3 nitrogen and oxygen atoms in total. The molecule has 1 N–H and O–H groups in total. The average molecular weight is 354 g/mol. The predicted octanol–water partition coefficient (Wildman–Crippen LogP) is 3.63. The summed E-state index contributed by atoms with van der Waals surface area (Å²) in [6, 6.07) is 6.41. The van der Waals surface area contributed by atoms with Crippen LogP contribution in [0, 0.1) is 5.92 Å². The van der Waals surface area contributed by atoms with E-state index in [-0.39, 0.29) is 17.9 Å². The fraction of sp³-hybridized carbons (Fsp3) is 0.632. The number of carbonyl (C=O) groups excluding carboxylic acids is 1. The molecule has 1 aromatic carbocycles. The Hall–Kier alpha value is -1.56. The summed E-state index contributed by atoms with van der Waals surface area (Å²) in [5.74, 6) is -0.166. The average Bonchev–Trinajstić information content (AvgIpc) is 2.91. The molecule has 3 atom stereocenters. The van der Waals surface area contributed by atoms with Gasteiger partial charge in [-0.05, 0) is 49.8 Å². The Morgan fingerprint density at radius 2 is 1.76 bits per heavy atom. The largest absolute Gasteiger partial charge is 0.416 e. The van der Waals surface area contributed by atoms with Crippen LogP contribution in [0.5, 0.6) is 0 Å². The maximum Gasteiger partial charge on any atom is 0.416 e. The Morgan fingerprint density at radius 1 is 1.20 bits per heavy atom. The Morgan fingerprint density at radius 3 is 2.28 bits per heavy atom. The molecule has 0 aromatic heterocycles. The molecule has 2 saturated heterocycles. The number of hydrogen-bond donors (Lipinski definition) is 1. The van der Waals surface area contributed by atoms with Gasteiger partial charge in [0.05, 0.1) is 5.56 Å². The number of alkyl halides is 3. The summed E-state index contributed by atoms with van der Waals surface area (Å²) in [5.41, 5.74) is 0.102. The van der Waals surface area contributed by atoms with Crippen LogP contribution in [0.25, 0.3) is 0 Å². The van der Waals surface area contributed by atoms with Crippen molar-refractivity contribution in [2.75, 3.05) is 7.05 Å². The number of piperidine rings is 1. The first-order valence-electron chi connectivity index (χ1n) is 8.93. The van der Waals surface area contributed by atoms with E-state index < -0.39 is 11.7 Å². The molecule has 2 bridgehead atoms. The normalized spacial score (nSPS) is 27.2. The predicted molar refractivity (Wildman–Crippen MR) is 90.0 cm³/mol. The molecule has 2 aliphatic rings. The number of nitrogens with one attached hydrogen (secondary N) is 1. The zero-order valence-electron chi connectivity index (χ0n) is 14.6. The first-order chi connectivity index (χ1) is 11.7. The first kappa shape index (κ1) is 18.2. The molecule has 0 radical (unpaired) electrons. The minimum absolute atomic E-state index is 0.0752. The van der Waals surface area contributed by atoms with Crippen molar-refractivity contribution < 1.29 is 18.0 Å². The number of hydrogen-bond acceptors (Lipinski definition) is 2. The molecule has 3 unspecified atom stereocenters. The maximum absolute atomic E-state index is 12.7. The smallest absolute Gasteiger partial charge is 0.342 e. The van der Waals surface area contributed by atoms with Gasteiger partial charge >= 0.3 is 6.18 Å². The third-order valence-corrected chi connectivity index (χ3v) is 5.59. The minimum Gasteiger partial charge on any atom is -0.342 e. The van der Waals surface area contributed by atoms with Gasteiger partial charge in [0.15, 0.2) is 0 Å². The maximum atomic E-state index is 12.7. The summed E-state index contributed by atoms with van der Waals surface area (Å²) >= 11 is 0. The van der Waals surface area contributed by atoms with Gasteiger partial charge in [0.25, 0.3) is 0 Å². The molecular formula is C19H25F3N2O. The molecule has 0 saturated carbocycles. The summed E-state index contributed by atoms with van der Waals surface area (Å²) in [6.07, 6.45) is 0.486. The lowest BCUT2D eigenvalue weighted by Gasteiger charge is -2.36. The van der Waals surface area contributed by atoms with Gasteiger partial charge in [-0.1, -0.05) is 19.1 Å². The van der Waals surface area contributed by atoms with Crippen LogP contribution in [-0.4, -0.2) is 36.0 Å². The molecule has 6 heteroatoms. The van der Waals surface area contributed by atoms with Crippen molar-refractivity contribution in [3.05, 3.63) is 35.4 Å². The molecule has 1 aromatic rings. The second-order valence-electron chi connectivity index (χ2n) is 7.51. The Kier molecular flexibility index (Phi) is 5.09. The van der Waals surface area contributed by atoms with E-state index in [9.17, 15) is 18.0 Å². The van der Waals surface area contributed by atoms with Crippen molar-refractivity contribution in [2.45, 2.75) is 63.3 Å². The fourth-order valence-corrected chi connectivity index (χ4v) is 4.14. The van der Waals surface area contributed by atoms with E-state index in [2.05, 4.69) is 5.32 Å². The second kappa shape index (κ2) is 6.98. The highest BCUT2D eigenvalue weighted by atomic mass is 19.4. The monoisotopic (exact) mass is 354 g/mol. The Balaban J connectivity index is 1.58. The zero-order valence-corrected chi connectivity index (χ0v) is 14.6. The van der Waals surface area contributed by atoms with Crippen LogP contribution in [0.15, 0.2) is 24.3 Å². The second-order valence-corrected chi connectivity index (χ2v) is 7.51. The van der Waals surface area contributed by atoms with E-state index in [1.165, 1.54) is 25.0 Å². The number of benzene rings is 1. The molecule has 138 valence electrons. The third-order valence-electron chi connectivity index (χ3n) is 5.59. The molecule has 0 spiro atoms. The van der Waals surface area contributed by atoms with Gasteiger partial charge < -0.3 is 10.2 Å². The van der Waals surface area contributed by atoms with Gasteiger partial charge in [0, 0.05) is 31.1 Å². The highest BCUT2D eigenvalue weighted by Gasteiger charge is 2.37. The van der Waals surface area contributed by atoms with Crippen LogP contribution in [-0.2, 0) is 17.4 Å². The summed E-state index contributed by atoms with van der Waals surface area (Å²) < 4.78 is 37.9. The number of carbonyl (C=O) groups is 1. The van der Waals surface area contributed by atoms with Gasteiger partial charge in [-0.3, -0.25) is 4.79 Å². The van der Waals surface area contributed by atoms with Crippen LogP contribution in [0.4, 0.5) is 13.2 Å². The molecule has 0 aliphatic carbocycles. The van der Waals surface area contributed by atoms with Crippen LogP contribution >= 0.6 is 0 Å². The quantitative estimate of drug-likeness (QED) is 0.896. The van der Waals surface area contributed by atoms with Crippen molar-refractivity contribution in [3.63, 3.8) is 0 Å². The Bertz CT molecular complexity index is 602. The lowest BCUT2D eigenvalue weighted by molar-refractivity contribution is -0.138. The van der Waals surface area contributed by atoms with Crippen LogP contribution in [0.1, 0.15) is 43.7 Å². The van der Waals surface area contributed by atoms with Gasteiger partial charge in [0.1, 0.15) is 0 Å². The third kappa shape index (κ3) is 4.17. The SMILES string of the molecule is CC(Cc1ccc(C(F)(F)F)cc1)C(=O)N(C)C1CC2CCC(C1)N2. The summed E-state index contributed by atoms with van der Waals surface area (Å²) in [5, 5.41) is 3.57. The minimum atomic E-state index is -4.32. The molecule has 1 amide bonds. The lowest BCUT2D eigenvalue weighted by atomic mass is 9.95. The van der Waals surface area contributed by atoms with Crippen molar-refractivity contribution in [1.82, 2.24) is 10.2 Å². The summed E-state index contributed by atoms with van der Waals surface area (Å²) in [6.45, 7) is 1.85. The number of rotatable bonds is 4. The van der Waals surface area contributed by atoms with E-state index in [0.717, 1.165) is 30.5 Å². The highest BCUT2D eigenvalue weighted by molar-refractivity contribution is 5.78. The van der Waals surface area contributed by atoms with Crippen LogP contribution in [0.3, 0.4) is 0 Å². The fourth-order valence-electron chi connectivity index (χ4n) is 4.14. The number of halogens is 3. The molecule has 2 fully saturated rings. The van der Waals surface area contributed by atoms with Crippen LogP contribution < -0.4 is 5.32 Å². The van der Waals surface area contributed by atoms with Gasteiger partial charge in [-0.15, -0.1) is 0 Å². The van der Waals surface area contributed by atoms with Crippen molar-refractivity contribution in [3.8, 4) is 0 Å². The van der Waals surface area contributed by atoms with Gasteiger partial charge in [-0.25, -0.2) is 0 Å². The Labute approximate surface area is 146 Å². The lowest BCUT2D eigenvalue weighted by Crippen LogP contribution is -2.50. The molecule has 2 heterocycles. The molecule has 25 heavy (non-hydrogen) atoms. The van der Waals surface area contributed by atoms with E-state index in [4.69, 9.17) is 0 Å². The van der Waals surface area contributed by atoms with Crippen LogP contribution in [0.2, 0.25) is 0 Å². The molecule has 3 rings (SSSR count). The topological polar surface area (TPSA) is 32.3 Å². The standard InChI is InChI=1S/C19H25F3N2O/c1-12(9-13-3-5-14(6-4-13)19(20,21)22)18(25)24(2)17-10-15-7-8-16(11-17)23-15/h3-6,12,15-17,23H,7-11H2,1-2H3. The number of amides is 1. The molecular weight excluding hydrogens is 329 g/mol. The van der Waals surface area contributed by atoms with Crippen molar-refractivity contribution >= 4 is 5.91 Å².